The molecule has 2 aromatic heterocycles. The third kappa shape index (κ3) is 3.16. The second-order valence-electron chi connectivity index (χ2n) is 5.93. The summed E-state index contributed by atoms with van der Waals surface area (Å²) in [5, 5.41) is 7.27. The minimum Gasteiger partial charge on any atom is -0.323 e. The molecule has 2 aromatic rings. The third-order valence-corrected chi connectivity index (χ3v) is 4.08. The van der Waals surface area contributed by atoms with Crippen LogP contribution in [0.2, 0.25) is 0 Å². The van der Waals surface area contributed by atoms with Crippen LogP contribution in [-0.4, -0.2) is 25.7 Å². The summed E-state index contributed by atoms with van der Waals surface area (Å²) in [4.78, 5) is 20.8. The topological polar surface area (TPSA) is 72.7 Å². The minimum atomic E-state index is 0.0853. The predicted octanol–water partition coefficient (Wildman–Crippen LogP) is 2.80. The molecule has 0 atom stereocenters. The maximum atomic E-state index is 12.2. The zero-order valence-corrected chi connectivity index (χ0v) is 13.0. The summed E-state index contributed by atoms with van der Waals surface area (Å²) in [7, 11) is 0. The maximum absolute atomic E-state index is 12.2. The molecule has 6 nitrogen and oxygen atoms in total. The molecule has 1 amide bonds. The average Bonchev–Trinajstić information content (AvgIpc) is 2.87. The van der Waals surface area contributed by atoms with E-state index in [0.717, 1.165) is 37.1 Å². The molecule has 1 aliphatic rings. The van der Waals surface area contributed by atoms with Crippen LogP contribution >= 0.6 is 0 Å². The number of nitrogens with one attached hydrogen (secondary N) is 1. The summed E-state index contributed by atoms with van der Waals surface area (Å²) in [5.74, 6) is 0.730. The summed E-state index contributed by atoms with van der Waals surface area (Å²) in [6, 6.07) is 1.97. The zero-order valence-electron chi connectivity index (χ0n) is 13.0. The molecular formula is C16H21N5O. The van der Waals surface area contributed by atoms with E-state index in [1.807, 2.05) is 19.9 Å². The molecule has 2 heterocycles. The largest absolute Gasteiger partial charge is 0.323 e. The molecule has 3 rings (SSSR count). The lowest BCUT2D eigenvalue weighted by Gasteiger charge is -2.20. The zero-order chi connectivity index (χ0) is 15.5. The molecule has 6 heteroatoms. The Morgan fingerprint density at radius 3 is 2.45 bits per heavy atom. The van der Waals surface area contributed by atoms with Gasteiger partial charge in [0.15, 0.2) is 0 Å². The van der Waals surface area contributed by atoms with Crippen molar-refractivity contribution >= 4 is 11.6 Å². The quantitative estimate of drug-likeness (QED) is 0.946. The number of carbonyl (C=O) groups is 1. The molecule has 0 unspecified atom stereocenters. The number of anilines is 1. The Balaban J connectivity index is 1.69. The predicted molar refractivity (Wildman–Crippen MR) is 83.8 cm³/mol. The molecule has 1 aliphatic carbocycles. The highest BCUT2D eigenvalue weighted by molar-refractivity contribution is 5.92. The first-order valence-electron chi connectivity index (χ1n) is 7.80. The first-order valence-corrected chi connectivity index (χ1v) is 7.80. The lowest BCUT2D eigenvalue weighted by Crippen LogP contribution is -2.24. The lowest BCUT2D eigenvalue weighted by atomic mass is 9.89. The molecule has 1 N–H and O–H groups in total. The van der Waals surface area contributed by atoms with E-state index in [0.29, 0.717) is 11.6 Å². The number of aromatic nitrogens is 4. The van der Waals surface area contributed by atoms with Crippen LogP contribution in [0.15, 0.2) is 18.5 Å². The molecular weight excluding hydrogens is 278 g/mol. The van der Waals surface area contributed by atoms with E-state index in [9.17, 15) is 4.79 Å². The second kappa shape index (κ2) is 6.25. The van der Waals surface area contributed by atoms with Crippen molar-refractivity contribution in [2.24, 2.45) is 5.92 Å². The number of hydrogen-bond acceptors (Lipinski definition) is 4. The van der Waals surface area contributed by atoms with Gasteiger partial charge in [-0.05, 0) is 32.8 Å². The molecule has 0 aromatic carbocycles. The summed E-state index contributed by atoms with van der Waals surface area (Å²) >= 11 is 0. The summed E-state index contributed by atoms with van der Waals surface area (Å²) in [6.45, 7) is 3.89. The van der Waals surface area contributed by atoms with Crippen LogP contribution < -0.4 is 5.32 Å². The summed E-state index contributed by atoms with van der Waals surface area (Å²) in [5.41, 5.74) is 2.55. The maximum Gasteiger partial charge on any atom is 0.250 e. The van der Waals surface area contributed by atoms with Crippen molar-refractivity contribution in [3.8, 4) is 5.95 Å². The molecule has 1 saturated carbocycles. The molecule has 1 fully saturated rings. The van der Waals surface area contributed by atoms with Gasteiger partial charge in [0, 0.05) is 11.6 Å². The van der Waals surface area contributed by atoms with Gasteiger partial charge in [0.25, 0.3) is 5.95 Å². The van der Waals surface area contributed by atoms with Gasteiger partial charge in [0.05, 0.1) is 23.8 Å². The van der Waals surface area contributed by atoms with E-state index in [1.54, 1.807) is 17.1 Å². The Hall–Kier alpha value is -2.24. The van der Waals surface area contributed by atoms with Crippen molar-refractivity contribution in [3.05, 3.63) is 29.8 Å². The van der Waals surface area contributed by atoms with Crippen LogP contribution in [0.4, 0.5) is 5.69 Å². The van der Waals surface area contributed by atoms with E-state index in [1.165, 1.54) is 6.42 Å². The monoisotopic (exact) mass is 299 g/mol. The van der Waals surface area contributed by atoms with Crippen LogP contribution in [-0.2, 0) is 4.79 Å². The van der Waals surface area contributed by atoms with Gasteiger partial charge < -0.3 is 5.32 Å². The number of rotatable bonds is 3. The molecule has 0 bridgehead atoms. The van der Waals surface area contributed by atoms with Gasteiger partial charge in [-0.1, -0.05) is 19.3 Å². The smallest absolute Gasteiger partial charge is 0.250 e. The van der Waals surface area contributed by atoms with Gasteiger partial charge in [-0.25, -0.2) is 14.6 Å². The number of aryl methyl sites for hydroxylation is 2. The van der Waals surface area contributed by atoms with Gasteiger partial charge in [0.1, 0.15) is 0 Å². The van der Waals surface area contributed by atoms with Crippen molar-refractivity contribution in [2.75, 3.05) is 5.32 Å². The fraction of sp³-hybridized carbons (Fsp3) is 0.500. The van der Waals surface area contributed by atoms with Crippen molar-refractivity contribution in [2.45, 2.75) is 46.0 Å². The van der Waals surface area contributed by atoms with Gasteiger partial charge in [-0.15, -0.1) is 0 Å². The molecule has 22 heavy (non-hydrogen) atoms. The van der Waals surface area contributed by atoms with Gasteiger partial charge >= 0.3 is 0 Å². The molecule has 116 valence electrons. The lowest BCUT2D eigenvalue weighted by molar-refractivity contribution is -0.120. The first kappa shape index (κ1) is 14.7. The fourth-order valence-electron chi connectivity index (χ4n) is 2.94. The first-order chi connectivity index (χ1) is 10.6. The van der Waals surface area contributed by atoms with Crippen LogP contribution in [0.1, 0.15) is 43.5 Å². The van der Waals surface area contributed by atoms with Gasteiger partial charge in [-0.2, -0.15) is 5.10 Å². The van der Waals surface area contributed by atoms with E-state index >= 15 is 0 Å². The number of amides is 1. The van der Waals surface area contributed by atoms with E-state index < -0.39 is 0 Å². The van der Waals surface area contributed by atoms with Crippen LogP contribution in [0.3, 0.4) is 0 Å². The highest BCUT2D eigenvalue weighted by atomic mass is 16.1. The average molecular weight is 299 g/mol. The molecule has 0 aliphatic heterocycles. The Morgan fingerprint density at radius 1 is 1.18 bits per heavy atom. The SMILES string of the molecule is Cc1cc(C)n(-c2ncc(NC(=O)C3CCCCC3)cn2)n1. The Bertz CT molecular complexity index is 656. The van der Waals surface area contributed by atoms with Crippen LogP contribution in [0.5, 0.6) is 0 Å². The Morgan fingerprint density at radius 2 is 1.86 bits per heavy atom. The summed E-state index contributed by atoms with van der Waals surface area (Å²) < 4.78 is 1.70. The number of carbonyl (C=O) groups excluding carboxylic acids is 1. The van der Waals surface area contributed by atoms with Crippen molar-refractivity contribution < 1.29 is 4.79 Å². The standard InChI is InChI=1S/C16H21N5O/c1-11-8-12(2)21(20-11)16-17-9-14(10-18-16)19-15(22)13-6-4-3-5-7-13/h8-10,13H,3-7H2,1-2H3,(H,19,22). The van der Waals surface area contributed by atoms with Crippen molar-refractivity contribution in [3.63, 3.8) is 0 Å². The normalized spacial score (nSPS) is 15.7. The van der Waals surface area contributed by atoms with Crippen molar-refractivity contribution in [1.29, 1.82) is 0 Å². The van der Waals surface area contributed by atoms with Crippen molar-refractivity contribution in [1.82, 2.24) is 19.7 Å². The molecule has 0 saturated heterocycles. The van der Waals surface area contributed by atoms with Crippen LogP contribution in [0.25, 0.3) is 5.95 Å². The molecule has 0 radical (unpaired) electrons. The summed E-state index contributed by atoms with van der Waals surface area (Å²) in [6.07, 6.45) is 8.77. The van der Waals surface area contributed by atoms with Gasteiger partial charge in [0.2, 0.25) is 5.91 Å². The number of nitrogens with zero attached hydrogens (tertiary/aromatic N) is 4. The van der Waals surface area contributed by atoms with Gasteiger partial charge in [-0.3, -0.25) is 4.79 Å². The number of hydrogen-bond donors (Lipinski definition) is 1. The fourth-order valence-corrected chi connectivity index (χ4v) is 2.94. The minimum absolute atomic E-state index is 0.0853. The Labute approximate surface area is 130 Å². The molecule has 0 spiro atoms. The van der Waals surface area contributed by atoms with E-state index in [4.69, 9.17) is 0 Å². The van der Waals surface area contributed by atoms with E-state index in [-0.39, 0.29) is 11.8 Å². The highest BCUT2D eigenvalue weighted by Gasteiger charge is 2.21. The Kier molecular flexibility index (Phi) is 4.18. The second-order valence-corrected chi connectivity index (χ2v) is 5.93. The highest BCUT2D eigenvalue weighted by Crippen LogP contribution is 2.24. The van der Waals surface area contributed by atoms with E-state index in [2.05, 4.69) is 20.4 Å². The van der Waals surface area contributed by atoms with Crippen LogP contribution in [0, 0.1) is 19.8 Å². The third-order valence-electron chi connectivity index (χ3n) is 4.08.